The van der Waals surface area contributed by atoms with Crippen molar-refractivity contribution >= 4 is 15.9 Å². The lowest BCUT2D eigenvalue weighted by Crippen LogP contribution is -2.32. The summed E-state index contributed by atoms with van der Waals surface area (Å²) in [4.78, 5) is 7.20. The van der Waals surface area contributed by atoms with Crippen molar-refractivity contribution in [2.75, 3.05) is 20.1 Å². The summed E-state index contributed by atoms with van der Waals surface area (Å²) < 4.78 is 6.77. The van der Waals surface area contributed by atoms with Crippen LogP contribution in [0.25, 0.3) is 0 Å². The molecule has 1 fully saturated rings. The SMILES string of the molecule is CC(C)C(C)(c1ccc(Br)cc1)c1noc(C2CCN(C)CC2)n1. The number of piperidine rings is 1. The van der Waals surface area contributed by atoms with Gasteiger partial charge >= 0.3 is 0 Å². The Bertz CT molecular complexity index is 674. The predicted molar refractivity (Wildman–Crippen MR) is 99.2 cm³/mol. The van der Waals surface area contributed by atoms with Gasteiger partial charge in [-0.1, -0.05) is 47.1 Å². The fraction of sp³-hybridized carbons (Fsp3) is 0.579. The van der Waals surface area contributed by atoms with Crippen LogP contribution >= 0.6 is 15.9 Å². The van der Waals surface area contributed by atoms with Crippen molar-refractivity contribution in [1.29, 1.82) is 0 Å². The molecule has 1 aromatic heterocycles. The number of nitrogens with zero attached hydrogens (tertiary/aromatic N) is 3. The Labute approximate surface area is 152 Å². The van der Waals surface area contributed by atoms with Gasteiger partial charge in [0.15, 0.2) is 5.82 Å². The first kappa shape index (κ1) is 17.6. The molecule has 3 rings (SSSR count). The molecular formula is C19H26BrN3O. The number of benzene rings is 1. The van der Waals surface area contributed by atoms with Crippen LogP contribution in [0.1, 0.15) is 56.8 Å². The second-order valence-corrected chi connectivity index (χ2v) is 8.31. The molecule has 130 valence electrons. The molecule has 1 aliphatic heterocycles. The molecule has 0 aliphatic carbocycles. The summed E-state index contributed by atoms with van der Waals surface area (Å²) in [6.07, 6.45) is 2.18. The van der Waals surface area contributed by atoms with Crippen LogP contribution in [0.2, 0.25) is 0 Å². The Balaban J connectivity index is 1.91. The first-order valence-electron chi connectivity index (χ1n) is 8.70. The molecule has 1 aliphatic rings. The van der Waals surface area contributed by atoms with E-state index in [2.05, 4.69) is 78.1 Å². The maximum Gasteiger partial charge on any atom is 0.229 e. The molecule has 2 heterocycles. The first-order valence-corrected chi connectivity index (χ1v) is 9.49. The topological polar surface area (TPSA) is 42.2 Å². The monoisotopic (exact) mass is 391 g/mol. The van der Waals surface area contributed by atoms with Crippen LogP contribution in [0, 0.1) is 5.92 Å². The third kappa shape index (κ3) is 3.29. The van der Waals surface area contributed by atoms with Crippen molar-refractivity contribution in [3.8, 4) is 0 Å². The van der Waals surface area contributed by atoms with Gasteiger partial charge in [-0.25, -0.2) is 0 Å². The van der Waals surface area contributed by atoms with E-state index >= 15 is 0 Å². The molecule has 1 atom stereocenters. The summed E-state index contributed by atoms with van der Waals surface area (Å²) in [5, 5.41) is 4.39. The van der Waals surface area contributed by atoms with E-state index in [1.807, 2.05) is 0 Å². The zero-order valence-corrected chi connectivity index (χ0v) is 16.5. The summed E-state index contributed by atoms with van der Waals surface area (Å²) >= 11 is 3.51. The summed E-state index contributed by atoms with van der Waals surface area (Å²) in [5.74, 6) is 2.36. The Morgan fingerprint density at radius 3 is 2.42 bits per heavy atom. The molecule has 0 N–H and O–H groups in total. The van der Waals surface area contributed by atoms with Gasteiger partial charge in [-0.05, 0) is 63.5 Å². The number of rotatable bonds is 4. The lowest BCUT2D eigenvalue weighted by Gasteiger charge is -2.31. The maximum atomic E-state index is 5.69. The summed E-state index contributed by atoms with van der Waals surface area (Å²) in [6, 6.07) is 8.45. The van der Waals surface area contributed by atoms with Crippen molar-refractivity contribution in [3.63, 3.8) is 0 Å². The fourth-order valence-electron chi connectivity index (χ4n) is 3.38. The Kier molecular flexibility index (Phi) is 5.11. The van der Waals surface area contributed by atoms with Crippen molar-refractivity contribution in [2.24, 2.45) is 5.92 Å². The Morgan fingerprint density at radius 1 is 1.21 bits per heavy atom. The summed E-state index contributed by atoms with van der Waals surface area (Å²) in [7, 11) is 2.17. The van der Waals surface area contributed by atoms with Crippen LogP contribution in [0.5, 0.6) is 0 Å². The molecule has 0 bridgehead atoms. The average Bonchev–Trinajstić information content (AvgIpc) is 3.05. The number of likely N-dealkylation sites (tertiary alicyclic amines) is 1. The van der Waals surface area contributed by atoms with E-state index in [0.717, 1.165) is 42.1 Å². The Morgan fingerprint density at radius 2 is 1.83 bits per heavy atom. The quantitative estimate of drug-likeness (QED) is 0.763. The molecule has 1 aromatic carbocycles. The summed E-state index contributed by atoms with van der Waals surface area (Å²) in [6.45, 7) is 8.83. The van der Waals surface area contributed by atoms with E-state index in [1.165, 1.54) is 5.56 Å². The van der Waals surface area contributed by atoms with Crippen molar-refractivity contribution in [2.45, 2.75) is 44.9 Å². The number of hydrogen-bond donors (Lipinski definition) is 0. The van der Waals surface area contributed by atoms with Gasteiger partial charge in [0.05, 0.1) is 5.41 Å². The van der Waals surface area contributed by atoms with Gasteiger partial charge in [0.25, 0.3) is 0 Å². The highest BCUT2D eigenvalue weighted by Gasteiger charge is 2.38. The third-order valence-corrected chi connectivity index (χ3v) is 6.10. The molecule has 0 saturated carbocycles. The third-order valence-electron chi connectivity index (χ3n) is 5.57. The molecule has 1 saturated heterocycles. The van der Waals surface area contributed by atoms with Gasteiger partial charge in [-0.3, -0.25) is 0 Å². The van der Waals surface area contributed by atoms with E-state index < -0.39 is 0 Å². The number of halogens is 1. The standard InChI is InChI=1S/C19H26BrN3O/c1-13(2)19(3,15-5-7-16(20)8-6-15)18-21-17(24-22-18)14-9-11-23(4)12-10-14/h5-8,13-14H,9-12H2,1-4H3. The van der Waals surface area contributed by atoms with E-state index in [1.54, 1.807) is 0 Å². The molecule has 1 unspecified atom stereocenters. The number of aromatic nitrogens is 2. The van der Waals surface area contributed by atoms with E-state index in [9.17, 15) is 0 Å². The Hall–Kier alpha value is -1.20. The van der Waals surface area contributed by atoms with Crippen LogP contribution in [0.15, 0.2) is 33.3 Å². The lowest BCUT2D eigenvalue weighted by atomic mass is 9.72. The van der Waals surface area contributed by atoms with Gasteiger partial charge in [-0.2, -0.15) is 4.98 Å². The second kappa shape index (κ2) is 6.96. The minimum absolute atomic E-state index is 0.256. The van der Waals surface area contributed by atoms with Crippen LogP contribution in [-0.2, 0) is 5.41 Å². The van der Waals surface area contributed by atoms with Crippen LogP contribution in [0.3, 0.4) is 0 Å². The van der Waals surface area contributed by atoms with Gasteiger partial charge in [0.2, 0.25) is 5.89 Å². The first-order chi connectivity index (χ1) is 11.4. The van der Waals surface area contributed by atoms with Crippen LogP contribution < -0.4 is 0 Å². The average molecular weight is 392 g/mol. The largest absolute Gasteiger partial charge is 0.339 e. The molecule has 2 aromatic rings. The lowest BCUT2D eigenvalue weighted by molar-refractivity contribution is 0.226. The maximum absolute atomic E-state index is 5.69. The van der Waals surface area contributed by atoms with Gasteiger partial charge in [0, 0.05) is 10.4 Å². The van der Waals surface area contributed by atoms with E-state index in [-0.39, 0.29) is 5.41 Å². The number of hydrogen-bond acceptors (Lipinski definition) is 4. The minimum atomic E-state index is -0.256. The highest BCUT2D eigenvalue weighted by Crippen LogP contribution is 2.38. The second-order valence-electron chi connectivity index (χ2n) is 7.40. The van der Waals surface area contributed by atoms with Crippen molar-refractivity contribution in [3.05, 3.63) is 46.0 Å². The predicted octanol–water partition coefficient (Wildman–Crippen LogP) is 4.60. The molecule has 0 spiro atoms. The van der Waals surface area contributed by atoms with E-state index in [0.29, 0.717) is 11.8 Å². The zero-order chi connectivity index (χ0) is 17.3. The molecule has 0 radical (unpaired) electrons. The molecular weight excluding hydrogens is 366 g/mol. The molecule has 0 amide bonds. The zero-order valence-electron chi connectivity index (χ0n) is 14.9. The van der Waals surface area contributed by atoms with Crippen molar-refractivity contribution < 1.29 is 4.52 Å². The summed E-state index contributed by atoms with van der Waals surface area (Å²) in [5.41, 5.74) is 0.963. The van der Waals surface area contributed by atoms with E-state index in [4.69, 9.17) is 9.51 Å². The van der Waals surface area contributed by atoms with Crippen LogP contribution in [-0.4, -0.2) is 35.2 Å². The normalized spacial score (nSPS) is 19.6. The van der Waals surface area contributed by atoms with Crippen molar-refractivity contribution in [1.82, 2.24) is 15.0 Å². The molecule has 24 heavy (non-hydrogen) atoms. The smallest absolute Gasteiger partial charge is 0.229 e. The van der Waals surface area contributed by atoms with Gasteiger partial charge in [0.1, 0.15) is 0 Å². The molecule has 5 heteroatoms. The highest BCUT2D eigenvalue weighted by atomic mass is 79.9. The molecule has 4 nitrogen and oxygen atoms in total. The van der Waals surface area contributed by atoms with Gasteiger partial charge in [-0.15, -0.1) is 0 Å². The van der Waals surface area contributed by atoms with Crippen LogP contribution in [0.4, 0.5) is 0 Å². The highest BCUT2D eigenvalue weighted by molar-refractivity contribution is 9.10. The van der Waals surface area contributed by atoms with Gasteiger partial charge < -0.3 is 9.42 Å². The minimum Gasteiger partial charge on any atom is -0.339 e. The fourth-order valence-corrected chi connectivity index (χ4v) is 3.65.